The minimum Gasteiger partial charge on any atom is -0.382 e. The standard InChI is InChI=1S/C13H20N4/c1-17(9-10-5-2-3-6-10)11-7-4-8-16-12(11)13(14)15/h4,7-8,10H,2-3,5-6,9H2,1H3,(H3,14,15). The van der Waals surface area contributed by atoms with Crippen LogP contribution in [0.2, 0.25) is 0 Å². The maximum Gasteiger partial charge on any atom is 0.143 e. The smallest absolute Gasteiger partial charge is 0.143 e. The Hall–Kier alpha value is -1.58. The molecule has 1 aliphatic carbocycles. The van der Waals surface area contributed by atoms with E-state index in [2.05, 4.69) is 16.9 Å². The first-order valence-electron chi connectivity index (χ1n) is 6.19. The van der Waals surface area contributed by atoms with E-state index >= 15 is 0 Å². The van der Waals surface area contributed by atoms with Crippen molar-refractivity contribution in [1.29, 1.82) is 5.41 Å². The summed E-state index contributed by atoms with van der Waals surface area (Å²) in [6.45, 7) is 1.03. The second kappa shape index (κ2) is 5.17. The number of hydrogen-bond donors (Lipinski definition) is 2. The summed E-state index contributed by atoms with van der Waals surface area (Å²) < 4.78 is 0. The summed E-state index contributed by atoms with van der Waals surface area (Å²) in [5, 5.41) is 7.54. The Bertz CT molecular complexity index is 396. The molecule has 4 nitrogen and oxygen atoms in total. The molecule has 0 amide bonds. The van der Waals surface area contributed by atoms with E-state index in [1.54, 1.807) is 6.20 Å². The largest absolute Gasteiger partial charge is 0.382 e. The molecule has 1 aromatic rings. The summed E-state index contributed by atoms with van der Waals surface area (Å²) in [6, 6.07) is 3.88. The number of nitrogens with two attached hydrogens (primary N) is 1. The molecule has 0 unspecified atom stereocenters. The van der Waals surface area contributed by atoms with E-state index in [0.717, 1.165) is 18.2 Å². The lowest BCUT2D eigenvalue weighted by atomic mass is 10.1. The van der Waals surface area contributed by atoms with Crippen LogP contribution in [-0.4, -0.2) is 24.4 Å². The normalized spacial score (nSPS) is 16.1. The third kappa shape index (κ3) is 2.75. The second-order valence-corrected chi connectivity index (χ2v) is 4.82. The maximum absolute atomic E-state index is 7.54. The quantitative estimate of drug-likeness (QED) is 0.616. The molecule has 92 valence electrons. The number of pyridine rings is 1. The molecule has 0 atom stereocenters. The van der Waals surface area contributed by atoms with E-state index in [1.807, 2.05) is 12.1 Å². The Labute approximate surface area is 102 Å². The van der Waals surface area contributed by atoms with Gasteiger partial charge in [-0.2, -0.15) is 0 Å². The van der Waals surface area contributed by atoms with E-state index < -0.39 is 0 Å². The number of hydrogen-bond acceptors (Lipinski definition) is 3. The SMILES string of the molecule is CN(CC1CCCC1)c1cccnc1C(=N)N. The highest BCUT2D eigenvalue weighted by Crippen LogP contribution is 2.27. The molecule has 0 aliphatic heterocycles. The van der Waals surface area contributed by atoms with Crippen molar-refractivity contribution in [2.75, 3.05) is 18.5 Å². The van der Waals surface area contributed by atoms with Gasteiger partial charge in [0.05, 0.1) is 5.69 Å². The highest BCUT2D eigenvalue weighted by molar-refractivity contribution is 5.98. The Morgan fingerprint density at radius 3 is 2.88 bits per heavy atom. The van der Waals surface area contributed by atoms with E-state index in [4.69, 9.17) is 11.1 Å². The number of nitrogen functional groups attached to an aromatic ring is 1. The van der Waals surface area contributed by atoms with Crippen LogP contribution in [0.15, 0.2) is 18.3 Å². The van der Waals surface area contributed by atoms with Crippen molar-refractivity contribution in [3.63, 3.8) is 0 Å². The number of rotatable bonds is 4. The average molecular weight is 232 g/mol. The zero-order valence-electron chi connectivity index (χ0n) is 10.3. The van der Waals surface area contributed by atoms with Gasteiger partial charge in [0, 0.05) is 19.8 Å². The van der Waals surface area contributed by atoms with Gasteiger partial charge in [-0.3, -0.25) is 10.4 Å². The lowest BCUT2D eigenvalue weighted by molar-refractivity contribution is 0.546. The molecule has 4 heteroatoms. The molecule has 2 rings (SSSR count). The molecule has 1 saturated carbocycles. The van der Waals surface area contributed by atoms with Crippen molar-refractivity contribution in [3.05, 3.63) is 24.0 Å². The van der Waals surface area contributed by atoms with Crippen LogP contribution in [-0.2, 0) is 0 Å². The van der Waals surface area contributed by atoms with Crippen molar-refractivity contribution >= 4 is 11.5 Å². The summed E-state index contributed by atoms with van der Waals surface area (Å²) in [5.74, 6) is 0.818. The lowest BCUT2D eigenvalue weighted by Gasteiger charge is -2.24. The van der Waals surface area contributed by atoms with Crippen LogP contribution in [0.1, 0.15) is 31.4 Å². The predicted molar refractivity (Wildman–Crippen MR) is 70.5 cm³/mol. The minimum atomic E-state index is 0.0406. The highest BCUT2D eigenvalue weighted by atomic mass is 15.1. The first kappa shape index (κ1) is 11.9. The van der Waals surface area contributed by atoms with Crippen molar-refractivity contribution in [1.82, 2.24) is 4.98 Å². The fourth-order valence-electron chi connectivity index (χ4n) is 2.59. The molecular weight excluding hydrogens is 212 g/mol. The van der Waals surface area contributed by atoms with Crippen LogP contribution in [0.25, 0.3) is 0 Å². The molecular formula is C13H20N4. The second-order valence-electron chi connectivity index (χ2n) is 4.82. The van der Waals surface area contributed by atoms with Gasteiger partial charge in [0.25, 0.3) is 0 Å². The average Bonchev–Trinajstić information content (AvgIpc) is 2.81. The topological polar surface area (TPSA) is 66.0 Å². The van der Waals surface area contributed by atoms with Crippen molar-refractivity contribution in [2.45, 2.75) is 25.7 Å². The van der Waals surface area contributed by atoms with Crippen LogP contribution in [0.5, 0.6) is 0 Å². The van der Waals surface area contributed by atoms with Gasteiger partial charge in [-0.05, 0) is 30.9 Å². The molecule has 3 N–H and O–H groups in total. The van der Waals surface area contributed by atoms with Crippen molar-refractivity contribution in [2.24, 2.45) is 11.7 Å². The summed E-state index contributed by atoms with van der Waals surface area (Å²) in [6.07, 6.45) is 7.03. The van der Waals surface area contributed by atoms with Gasteiger partial charge >= 0.3 is 0 Å². The third-order valence-corrected chi connectivity index (χ3v) is 3.46. The molecule has 0 saturated heterocycles. The predicted octanol–water partition coefficient (Wildman–Crippen LogP) is 1.99. The van der Waals surface area contributed by atoms with Gasteiger partial charge in [0.15, 0.2) is 0 Å². The molecule has 1 aromatic heterocycles. The van der Waals surface area contributed by atoms with Crippen LogP contribution in [0.4, 0.5) is 5.69 Å². The van der Waals surface area contributed by atoms with E-state index in [0.29, 0.717) is 5.69 Å². The van der Waals surface area contributed by atoms with Gasteiger partial charge in [0.2, 0.25) is 0 Å². The van der Waals surface area contributed by atoms with Gasteiger partial charge in [-0.1, -0.05) is 12.8 Å². The number of anilines is 1. The first-order chi connectivity index (χ1) is 8.18. The molecule has 0 spiro atoms. The zero-order chi connectivity index (χ0) is 12.3. The minimum absolute atomic E-state index is 0.0406. The number of nitrogens with one attached hydrogen (secondary N) is 1. The van der Waals surface area contributed by atoms with Crippen LogP contribution >= 0.6 is 0 Å². The Kier molecular flexibility index (Phi) is 3.61. The van der Waals surface area contributed by atoms with Gasteiger partial charge in [-0.15, -0.1) is 0 Å². The Morgan fingerprint density at radius 2 is 2.24 bits per heavy atom. The van der Waals surface area contributed by atoms with Crippen LogP contribution in [0, 0.1) is 11.3 Å². The Balaban J connectivity index is 2.12. The molecule has 0 bridgehead atoms. The summed E-state index contributed by atoms with van der Waals surface area (Å²) in [5.41, 5.74) is 7.11. The number of nitrogens with zero attached hydrogens (tertiary/aromatic N) is 2. The maximum atomic E-state index is 7.54. The number of amidine groups is 1. The first-order valence-corrected chi connectivity index (χ1v) is 6.19. The van der Waals surface area contributed by atoms with Crippen LogP contribution < -0.4 is 10.6 Å². The summed E-state index contributed by atoms with van der Waals surface area (Å²) >= 11 is 0. The molecule has 0 aromatic carbocycles. The molecule has 1 fully saturated rings. The monoisotopic (exact) mass is 232 g/mol. The number of aromatic nitrogens is 1. The zero-order valence-corrected chi connectivity index (χ0v) is 10.3. The fraction of sp³-hybridized carbons (Fsp3) is 0.538. The molecule has 1 aliphatic rings. The Morgan fingerprint density at radius 1 is 1.53 bits per heavy atom. The molecule has 17 heavy (non-hydrogen) atoms. The summed E-state index contributed by atoms with van der Waals surface area (Å²) in [4.78, 5) is 6.36. The van der Waals surface area contributed by atoms with Gasteiger partial charge in [-0.25, -0.2) is 0 Å². The van der Waals surface area contributed by atoms with Crippen molar-refractivity contribution in [3.8, 4) is 0 Å². The van der Waals surface area contributed by atoms with E-state index in [9.17, 15) is 0 Å². The van der Waals surface area contributed by atoms with E-state index in [1.165, 1.54) is 25.7 Å². The highest BCUT2D eigenvalue weighted by Gasteiger charge is 2.18. The van der Waals surface area contributed by atoms with Gasteiger partial charge < -0.3 is 10.6 Å². The third-order valence-electron chi connectivity index (χ3n) is 3.46. The fourth-order valence-corrected chi connectivity index (χ4v) is 2.59. The lowest BCUT2D eigenvalue weighted by Crippen LogP contribution is -2.27. The van der Waals surface area contributed by atoms with Gasteiger partial charge in [0.1, 0.15) is 11.5 Å². The van der Waals surface area contributed by atoms with E-state index in [-0.39, 0.29) is 5.84 Å². The molecule has 0 radical (unpaired) electrons. The summed E-state index contributed by atoms with van der Waals surface area (Å²) in [7, 11) is 2.06. The molecule has 1 heterocycles. The van der Waals surface area contributed by atoms with Crippen molar-refractivity contribution < 1.29 is 0 Å². The van der Waals surface area contributed by atoms with Crippen LogP contribution in [0.3, 0.4) is 0 Å².